The monoisotopic (exact) mass is 390 g/mol. The lowest BCUT2D eigenvalue weighted by Gasteiger charge is -2.05. The molecule has 2 aromatic heterocycles. The first-order chi connectivity index (χ1) is 12.9. The van der Waals surface area contributed by atoms with E-state index in [-0.39, 0.29) is 29.5 Å². The minimum Gasteiger partial charge on any atom is -0.299 e. The molecule has 0 fully saturated rings. The van der Waals surface area contributed by atoms with Gasteiger partial charge < -0.3 is 0 Å². The molecule has 0 amide bonds. The van der Waals surface area contributed by atoms with Gasteiger partial charge in [0.15, 0.2) is 11.2 Å². The first kappa shape index (κ1) is 18.6. The van der Waals surface area contributed by atoms with Crippen LogP contribution in [0.1, 0.15) is 12.5 Å². The molecule has 3 rings (SSSR count). The third-order valence-corrected chi connectivity index (χ3v) is 3.96. The van der Waals surface area contributed by atoms with E-state index in [0.717, 1.165) is 0 Å². The predicted molar refractivity (Wildman–Crippen MR) is 103 cm³/mol. The third-order valence-electron chi connectivity index (χ3n) is 3.81. The van der Waals surface area contributed by atoms with E-state index in [9.17, 15) is 14.0 Å². The summed E-state index contributed by atoms with van der Waals surface area (Å²) in [6, 6.07) is 5.77. The normalized spacial score (nSPS) is 12.2. The van der Waals surface area contributed by atoms with E-state index in [0.29, 0.717) is 10.6 Å². The zero-order chi connectivity index (χ0) is 19.6. The maximum atomic E-state index is 13.0. The number of aromatic nitrogens is 4. The maximum Gasteiger partial charge on any atom is 0.329 e. The van der Waals surface area contributed by atoms with Gasteiger partial charge in [0.05, 0.1) is 6.21 Å². The maximum absolute atomic E-state index is 13.0. The molecule has 10 heteroatoms. The number of nitrogens with one attached hydrogen (secondary N) is 2. The molecule has 0 saturated heterocycles. The van der Waals surface area contributed by atoms with Gasteiger partial charge in [-0.25, -0.2) is 14.6 Å². The molecule has 0 bridgehead atoms. The van der Waals surface area contributed by atoms with Crippen LogP contribution in [0.25, 0.3) is 11.2 Å². The summed E-state index contributed by atoms with van der Waals surface area (Å²) in [6.07, 6.45) is 3.18. The van der Waals surface area contributed by atoms with Gasteiger partial charge in [0.2, 0.25) is 5.95 Å². The Bertz CT molecular complexity index is 1150. The Balaban J connectivity index is 2.04. The Labute approximate surface area is 157 Å². The zero-order valence-electron chi connectivity index (χ0n) is 14.5. The molecule has 140 valence electrons. The molecule has 0 aliphatic rings. The first-order valence-corrected chi connectivity index (χ1v) is 8.31. The molecule has 27 heavy (non-hydrogen) atoms. The summed E-state index contributed by atoms with van der Waals surface area (Å²) in [5.74, 6) is -0.0884. The molecule has 2 N–H and O–H groups in total. The van der Waals surface area contributed by atoms with E-state index in [2.05, 4.69) is 20.5 Å². The van der Waals surface area contributed by atoms with E-state index in [1.807, 2.05) is 0 Å². The Morgan fingerprint density at radius 3 is 2.74 bits per heavy atom. The number of imidazole rings is 1. The van der Waals surface area contributed by atoms with Gasteiger partial charge >= 0.3 is 5.69 Å². The molecule has 0 saturated carbocycles. The molecule has 2 heterocycles. The lowest BCUT2D eigenvalue weighted by atomic mass is 10.2. The van der Waals surface area contributed by atoms with Gasteiger partial charge in [0, 0.05) is 18.6 Å². The van der Waals surface area contributed by atoms with Crippen LogP contribution >= 0.6 is 11.6 Å². The number of benzene rings is 1. The quantitative estimate of drug-likeness (QED) is 0.515. The highest BCUT2D eigenvalue weighted by molar-refractivity contribution is 6.29. The van der Waals surface area contributed by atoms with Gasteiger partial charge in [-0.3, -0.25) is 18.9 Å². The Hall–Kier alpha value is -3.20. The number of aromatic amines is 1. The van der Waals surface area contributed by atoms with Crippen molar-refractivity contribution in [1.82, 2.24) is 19.1 Å². The van der Waals surface area contributed by atoms with Crippen molar-refractivity contribution in [2.75, 3.05) is 5.43 Å². The largest absolute Gasteiger partial charge is 0.329 e. The predicted octanol–water partition coefficient (Wildman–Crippen LogP) is 2.15. The number of anilines is 1. The van der Waals surface area contributed by atoms with Crippen LogP contribution in [0.5, 0.6) is 0 Å². The number of nitrogens with zero attached hydrogens (tertiary/aromatic N) is 4. The lowest BCUT2D eigenvalue weighted by Crippen LogP contribution is -2.29. The van der Waals surface area contributed by atoms with Crippen LogP contribution in [0.2, 0.25) is 0 Å². The van der Waals surface area contributed by atoms with Crippen molar-refractivity contribution in [3.63, 3.8) is 0 Å². The van der Waals surface area contributed by atoms with Gasteiger partial charge in [0.25, 0.3) is 5.56 Å². The Morgan fingerprint density at radius 2 is 2.07 bits per heavy atom. The highest BCUT2D eigenvalue weighted by Crippen LogP contribution is 2.16. The van der Waals surface area contributed by atoms with Gasteiger partial charge in [-0.05, 0) is 24.6 Å². The summed E-state index contributed by atoms with van der Waals surface area (Å²) in [5, 5.41) is 4.61. The van der Waals surface area contributed by atoms with Crippen molar-refractivity contribution in [2.45, 2.75) is 13.5 Å². The molecular formula is C17H16ClFN6O2. The van der Waals surface area contributed by atoms with Crippen LogP contribution in [-0.4, -0.2) is 25.3 Å². The van der Waals surface area contributed by atoms with E-state index in [1.165, 1.54) is 30.0 Å². The lowest BCUT2D eigenvalue weighted by molar-refractivity contribution is 0.628. The number of hydrogen-bond donors (Lipinski definition) is 2. The Morgan fingerprint density at radius 1 is 1.37 bits per heavy atom. The summed E-state index contributed by atoms with van der Waals surface area (Å²) >= 11 is 5.90. The van der Waals surface area contributed by atoms with Crippen LogP contribution in [0.3, 0.4) is 0 Å². The number of hydrogen-bond acceptors (Lipinski definition) is 5. The Kier molecular flexibility index (Phi) is 5.22. The fourth-order valence-corrected chi connectivity index (χ4v) is 2.50. The number of allylic oxidation sites excluding steroid dienone is 2. The fraction of sp³-hybridized carbons (Fsp3) is 0.176. The summed E-state index contributed by atoms with van der Waals surface area (Å²) in [7, 11) is 1.51. The molecule has 1 aromatic carbocycles. The van der Waals surface area contributed by atoms with Crippen molar-refractivity contribution in [2.24, 2.45) is 12.1 Å². The first-order valence-electron chi connectivity index (χ1n) is 7.93. The molecule has 0 spiro atoms. The number of halogens is 2. The van der Waals surface area contributed by atoms with Crippen LogP contribution < -0.4 is 16.7 Å². The molecule has 0 aliphatic heterocycles. The molecule has 8 nitrogen and oxygen atoms in total. The van der Waals surface area contributed by atoms with Crippen molar-refractivity contribution in [3.05, 3.63) is 67.6 Å². The van der Waals surface area contributed by atoms with E-state index >= 15 is 0 Å². The SMILES string of the molecule is CC(Cl)=CCn1c(NN=Cc2ccc(F)cc2)nc2c1c(=O)[nH]c(=O)n2C. The smallest absolute Gasteiger partial charge is 0.299 e. The number of aryl methyl sites for hydroxylation is 1. The molecule has 0 atom stereocenters. The average Bonchev–Trinajstić information content (AvgIpc) is 2.99. The van der Waals surface area contributed by atoms with Crippen molar-refractivity contribution < 1.29 is 4.39 Å². The van der Waals surface area contributed by atoms with Crippen LogP contribution in [-0.2, 0) is 13.6 Å². The highest BCUT2D eigenvalue weighted by atomic mass is 35.5. The highest BCUT2D eigenvalue weighted by Gasteiger charge is 2.16. The van der Waals surface area contributed by atoms with Crippen LogP contribution in [0, 0.1) is 5.82 Å². The molecule has 0 unspecified atom stereocenters. The van der Waals surface area contributed by atoms with E-state index in [1.54, 1.807) is 29.7 Å². The van der Waals surface area contributed by atoms with Crippen molar-refractivity contribution >= 4 is 34.9 Å². The van der Waals surface area contributed by atoms with Crippen molar-refractivity contribution in [1.29, 1.82) is 0 Å². The molecule has 0 radical (unpaired) electrons. The summed E-state index contributed by atoms with van der Waals surface area (Å²) in [5.41, 5.74) is 2.72. The number of hydrazone groups is 1. The van der Waals surface area contributed by atoms with E-state index in [4.69, 9.17) is 11.6 Å². The molecule has 0 aliphatic carbocycles. The minimum atomic E-state index is -0.567. The second-order valence-corrected chi connectivity index (χ2v) is 6.35. The third kappa shape index (κ3) is 3.98. The zero-order valence-corrected chi connectivity index (χ0v) is 15.3. The average molecular weight is 391 g/mol. The summed E-state index contributed by atoms with van der Waals surface area (Å²) in [6.45, 7) is 1.96. The van der Waals surface area contributed by atoms with E-state index < -0.39 is 11.2 Å². The van der Waals surface area contributed by atoms with Gasteiger partial charge in [-0.2, -0.15) is 10.1 Å². The minimum absolute atomic E-state index is 0.212. The van der Waals surface area contributed by atoms with Gasteiger partial charge in [-0.1, -0.05) is 29.8 Å². The standard InChI is InChI=1S/C17H16ClFN6O2/c1-10(18)7-8-25-13-14(24(2)17(27)22-15(13)26)21-16(25)23-20-9-11-3-5-12(19)6-4-11/h3-7,9H,8H2,1-2H3,(H,21,23)(H,22,26,27). The topological polar surface area (TPSA) is 97.1 Å². The molecule has 3 aromatic rings. The van der Waals surface area contributed by atoms with Crippen LogP contribution in [0.15, 0.2) is 50.1 Å². The number of H-pyrrole nitrogens is 1. The fourth-order valence-electron chi connectivity index (χ4n) is 2.43. The summed E-state index contributed by atoms with van der Waals surface area (Å²) < 4.78 is 15.7. The van der Waals surface area contributed by atoms with Gasteiger partial charge in [0.1, 0.15) is 5.82 Å². The second kappa shape index (κ2) is 7.58. The number of rotatable bonds is 5. The number of fused-ring (bicyclic) bond motifs is 1. The second-order valence-electron chi connectivity index (χ2n) is 5.75. The van der Waals surface area contributed by atoms with Crippen LogP contribution in [0.4, 0.5) is 10.3 Å². The van der Waals surface area contributed by atoms with Crippen molar-refractivity contribution in [3.8, 4) is 0 Å². The molecular weight excluding hydrogens is 375 g/mol. The summed E-state index contributed by atoms with van der Waals surface area (Å²) in [4.78, 5) is 30.6. The van der Waals surface area contributed by atoms with Gasteiger partial charge in [-0.15, -0.1) is 0 Å².